The maximum absolute atomic E-state index is 12.4. The molecule has 0 spiro atoms. The lowest BCUT2D eigenvalue weighted by Gasteiger charge is -2.45. The Morgan fingerprint density at radius 3 is 1.43 bits per heavy atom. The van der Waals surface area contributed by atoms with Gasteiger partial charge in [-0.15, -0.1) is 0 Å². The van der Waals surface area contributed by atoms with Crippen molar-refractivity contribution in [3.63, 3.8) is 0 Å². The normalized spacial score (nSPS) is 20.6. The molecule has 0 atom stereocenters. The van der Waals surface area contributed by atoms with Gasteiger partial charge in [0.15, 0.2) is 0 Å². The number of carbonyl (C=O) groups excluding carboxylic acids is 4. The molecule has 1 aromatic heterocycles. The number of amides is 4. The number of benzene rings is 3. The van der Waals surface area contributed by atoms with Crippen LogP contribution in [0, 0.1) is 0 Å². The third-order valence-electron chi connectivity index (χ3n) is 13.0. The number of furan rings is 1. The van der Waals surface area contributed by atoms with Crippen LogP contribution >= 0.6 is 46.4 Å². The smallest absolute Gasteiger partial charge is 0.220 e. The van der Waals surface area contributed by atoms with E-state index in [9.17, 15) is 19.2 Å². The molecule has 4 aromatic rings. The van der Waals surface area contributed by atoms with Gasteiger partial charge in [0.1, 0.15) is 5.76 Å². The molecule has 0 radical (unpaired) electrons. The molecule has 4 amide bonds. The highest BCUT2D eigenvalue weighted by Gasteiger charge is 2.39. The van der Waals surface area contributed by atoms with Crippen LogP contribution in [0.1, 0.15) is 99.5 Å². The van der Waals surface area contributed by atoms with E-state index in [1.165, 1.54) is 11.1 Å². The van der Waals surface area contributed by atoms with E-state index in [2.05, 4.69) is 71.4 Å². The topological polar surface area (TPSA) is 136 Å². The highest BCUT2D eigenvalue weighted by Crippen LogP contribution is 2.37. The molecule has 0 bridgehead atoms. The van der Waals surface area contributed by atoms with E-state index in [0.717, 1.165) is 79.8 Å². The Morgan fingerprint density at radius 2 is 1.02 bits per heavy atom. The molecule has 2 saturated carbocycles. The van der Waals surface area contributed by atoms with Crippen molar-refractivity contribution in [3.05, 3.63) is 128 Å². The minimum Gasteiger partial charge on any atom is -0.467 e. The van der Waals surface area contributed by atoms with E-state index in [0.29, 0.717) is 28.9 Å². The van der Waals surface area contributed by atoms with Crippen LogP contribution in [-0.2, 0) is 45.1 Å². The third kappa shape index (κ3) is 16.6. The van der Waals surface area contributed by atoms with Crippen LogP contribution in [0.2, 0.25) is 20.1 Å². The summed E-state index contributed by atoms with van der Waals surface area (Å²) in [7, 11) is 8.51. The van der Waals surface area contributed by atoms with Gasteiger partial charge in [0.05, 0.1) is 22.9 Å². The van der Waals surface area contributed by atoms with Crippen molar-refractivity contribution >= 4 is 70.0 Å². The van der Waals surface area contributed by atoms with E-state index < -0.39 is 0 Å². The summed E-state index contributed by atoms with van der Waals surface area (Å²) in [5.74, 6) is 0.232. The van der Waals surface area contributed by atoms with Gasteiger partial charge in [-0.05, 0) is 158 Å². The highest BCUT2D eigenvalue weighted by molar-refractivity contribution is 6.42. The maximum atomic E-state index is 12.4. The van der Waals surface area contributed by atoms with E-state index in [4.69, 9.17) is 50.8 Å². The number of nitrogens with one attached hydrogen (secondary N) is 4. The van der Waals surface area contributed by atoms with Crippen LogP contribution in [0.3, 0.4) is 0 Å². The molecule has 65 heavy (non-hydrogen) atoms. The average molecular weight is 971 g/mol. The first-order valence-electron chi connectivity index (χ1n) is 22.5. The van der Waals surface area contributed by atoms with Gasteiger partial charge >= 0.3 is 0 Å². The van der Waals surface area contributed by atoms with Gasteiger partial charge in [-0.25, -0.2) is 0 Å². The number of rotatable bonds is 18. The fraction of sp³-hybridized carbons (Fsp3) is 0.480. The van der Waals surface area contributed by atoms with E-state index in [-0.39, 0.29) is 72.5 Å². The molecule has 11 nitrogen and oxygen atoms in total. The number of nitrogens with zero attached hydrogens (tertiary/aromatic N) is 2. The lowest BCUT2D eigenvalue weighted by molar-refractivity contribution is -0.127. The first kappa shape index (κ1) is 51.9. The number of hydrogen-bond acceptors (Lipinski definition) is 7. The fourth-order valence-corrected chi connectivity index (χ4v) is 9.64. The summed E-state index contributed by atoms with van der Waals surface area (Å²) in [6.07, 6.45) is 11.8. The van der Waals surface area contributed by atoms with Gasteiger partial charge < -0.3 is 35.5 Å². The van der Waals surface area contributed by atoms with Crippen molar-refractivity contribution in [1.82, 2.24) is 31.1 Å². The molecule has 2 fully saturated rings. The van der Waals surface area contributed by atoms with Crippen LogP contribution in [0.5, 0.6) is 0 Å². The monoisotopic (exact) mass is 968 g/mol. The Morgan fingerprint density at radius 1 is 0.554 bits per heavy atom. The van der Waals surface area contributed by atoms with Crippen molar-refractivity contribution in [2.75, 3.05) is 28.2 Å². The van der Waals surface area contributed by atoms with E-state index in [1.807, 2.05) is 42.5 Å². The highest BCUT2D eigenvalue weighted by atomic mass is 35.5. The van der Waals surface area contributed by atoms with Crippen LogP contribution in [0.15, 0.2) is 89.5 Å². The quantitative estimate of drug-likeness (QED) is 0.0780. The zero-order chi connectivity index (χ0) is 47.0. The average Bonchev–Trinajstić information content (AvgIpc) is 3.80. The van der Waals surface area contributed by atoms with Gasteiger partial charge in [0, 0.05) is 65.4 Å². The molecule has 2 aliphatic carbocycles. The lowest BCUT2D eigenvalue weighted by atomic mass is 9.75. The van der Waals surface area contributed by atoms with Crippen molar-refractivity contribution in [3.8, 4) is 0 Å². The summed E-state index contributed by atoms with van der Waals surface area (Å²) >= 11 is 24.3. The summed E-state index contributed by atoms with van der Waals surface area (Å²) in [4.78, 5) is 53.5. The molecule has 4 N–H and O–H groups in total. The minimum atomic E-state index is -0.169. The lowest BCUT2D eigenvalue weighted by Crippen LogP contribution is -2.52. The predicted molar refractivity (Wildman–Crippen MR) is 261 cm³/mol. The summed E-state index contributed by atoms with van der Waals surface area (Å²) < 4.78 is 5.18. The Hall–Kier alpha value is -4.10. The van der Waals surface area contributed by atoms with Gasteiger partial charge in [0.2, 0.25) is 23.6 Å². The Balaban J connectivity index is 0.000000245. The van der Waals surface area contributed by atoms with Gasteiger partial charge in [-0.2, -0.15) is 0 Å². The number of halogens is 4. The molecule has 2 aliphatic rings. The second-order valence-electron chi connectivity index (χ2n) is 17.9. The molecule has 0 aliphatic heterocycles. The fourth-order valence-electron chi connectivity index (χ4n) is 8.90. The van der Waals surface area contributed by atoms with E-state index >= 15 is 0 Å². The first-order valence-corrected chi connectivity index (χ1v) is 24.0. The van der Waals surface area contributed by atoms with Gasteiger partial charge in [-0.1, -0.05) is 76.7 Å². The van der Waals surface area contributed by atoms with Crippen LogP contribution in [0.25, 0.3) is 0 Å². The number of hydrogen-bond donors (Lipinski definition) is 4. The molecule has 0 saturated heterocycles. The SMILES string of the molecule is CN(C)C1(Cc2cccc(Cl)c2)CCC(NC(=O)CCC(=O)NCc2ccc(Cl)c(Cl)c2)CC1.CN(C)C1(Cc2cccc(Cl)c2)CCC(NC(=O)CCC(=O)NCc2ccco2)CC1. The third-order valence-corrected chi connectivity index (χ3v) is 14.2. The zero-order valence-corrected chi connectivity index (χ0v) is 41.0. The second kappa shape index (κ2) is 25.1. The van der Waals surface area contributed by atoms with Crippen LogP contribution < -0.4 is 21.3 Å². The number of carbonyl (C=O) groups is 4. The molecule has 352 valence electrons. The first-order chi connectivity index (χ1) is 31.0. The summed E-state index contributed by atoms with van der Waals surface area (Å²) in [5.41, 5.74) is 3.45. The molecular weight excluding hydrogens is 906 g/mol. The molecule has 0 unspecified atom stereocenters. The number of likely N-dealkylation sites (N-methyl/N-ethyl adjacent to an activating group) is 2. The molecular formula is C50H64Cl4N6O5. The van der Waals surface area contributed by atoms with Gasteiger partial charge in [0.25, 0.3) is 0 Å². The standard InChI is InChI=1S/C26H32Cl3N3O2.C24H32ClN3O3/c1-32(2)26(16-18-4-3-5-20(27)14-18)12-10-21(11-13-26)31-25(34)9-8-24(33)30-17-19-6-7-22(28)23(29)15-19;1-28(2)24(16-18-5-3-6-19(25)15-18)12-10-20(11-13-24)27-23(30)9-8-22(29)26-17-21-7-4-14-31-21/h3-7,14-15,21H,8-13,16-17H2,1-2H3,(H,30,33)(H,31,34);3-7,14-15,20H,8-13,16-17H2,1-2H3,(H,26,29)(H,27,30). The van der Waals surface area contributed by atoms with Crippen molar-refractivity contribution in [1.29, 1.82) is 0 Å². The zero-order valence-electron chi connectivity index (χ0n) is 38.0. The maximum Gasteiger partial charge on any atom is 0.220 e. The second-order valence-corrected chi connectivity index (χ2v) is 19.6. The van der Waals surface area contributed by atoms with Crippen LogP contribution in [-0.4, -0.2) is 84.8 Å². The van der Waals surface area contributed by atoms with Gasteiger partial charge in [-0.3, -0.25) is 19.2 Å². The molecule has 3 aromatic carbocycles. The van der Waals surface area contributed by atoms with Crippen molar-refractivity contribution < 1.29 is 23.6 Å². The predicted octanol–water partition coefficient (Wildman–Crippen LogP) is 9.58. The Labute approximate surface area is 404 Å². The van der Waals surface area contributed by atoms with E-state index in [1.54, 1.807) is 30.5 Å². The summed E-state index contributed by atoms with van der Waals surface area (Å²) in [6, 6.07) is 25.2. The largest absolute Gasteiger partial charge is 0.467 e. The summed E-state index contributed by atoms with van der Waals surface area (Å²) in [6.45, 7) is 0.689. The van der Waals surface area contributed by atoms with Crippen molar-refractivity contribution in [2.45, 2.75) is 126 Å². The Bertz CT molecular complexity index is 2170. The van der Waals surface area contributed by atoms with Crippen LogP contribution in [0.4, 0.5) is 0 Å². The molecule has 15 heteroatoms. The summed E-state index contributed by atoms with van der Waals surface area (Å²) in [5, 5.41) is 14.3. The van der Waals surface area contributed by atoms with Crippen molar-refractivity contribution in [2.24, 2.45) is 0 Å². The minimum absolute atomic E-state index is 0.0519. The molecule has 6 rings (SSSR count). The Kier molecular flexibility index (Phi) is 20.1. The molecule has 1 heterocycles.